The van der Waals surface area contributed by atoms with E-state index in [1.807, 2.05) is 23.9 Å². The second-order valence-corrected chi connectivity index (χ2v) is 4.67. The van der Waals surface area contributed by atoms with E-state index < -0.39 is 0 Å². The summed E-state index contributed by atoms with van der Waals surface area (Å²) in [5.41, 5.74) is 0. The van der Waals surface area contributed by atoms with Crippen LogP contribution >= 0.6 is 0 Å². The van der Waals surface area contributed by atoms with Gasteiger partial charge in [-0.05, 0) is 31.7 Å². The van der Waals surface area contributed by atoms with E-state index in [-0.39, 0.29) is 11.9 Å². The van der Waals surface area contributed by atoms with Crippen molar-refractivity contribution < 1.29 is 4.79 Å². The van der Waals surface area contributed by atoms with E-state index in [2.05, 4.69) is 22.6 Å². The summed E-state index contributed by atoms with van der Waals surface area (Å²) < 4.78 is 1.83. The van der Waals surface area contributed by atoms with Gasteiger partial charge in [0.1, 0.15) is 0 Å². The number of rotatable bonds is 5. The molecular weight excluding hydrogens is 214 g/mol. The number of nitrogens with one attached hydrogen (secondary N) is 1. The van der Waals surface area contributed by atoms with Crippen LogP contribution in [0.1, 0.15) is 26.2 Å². The first-order valence-corrected chi connectivity index (χ1v) is 6.17. The summed E-state index contributed by atoms with van der Waals surface area (Å²) in [6.07, 6.45) is 10.8. The predicted octanol–water partition coefficient (Wildman–Crippen LogP) is 1.74. The Labute approximate surface area is 102 Å². The van der Waals surface area contributed by atoms with Crippen molar-refractivity contribution in [2.45, 2.75) is 38.8 Å². The Hall–Kier alpha value is -1.58. The third-order valence-corrected chi connectivity index (χ3v) is 2.99. The largest absolute Gasteiger partial charge is 0.352 e. The average molecular weight is 233 g/mol. The summed E-state index contributed by atoms with van der Waals surface area (Å²) in [6.45, 7) is 2.73. The summed E-state index contributed by atoms with van der Waals surface area (Å²) in [6, 6.07) is 2.01. The molecule has 0 saturated heterocycles. The molecule has 1 heterocycles. The molecule has 0 bridgehead atoms. The Morgan fingerprint density at radius 2 is 2.53 bits per heavy atom. The first kappa shape index (κ1) is 11.9. The van der Waals surface area contributed by atoms with E-state index in [9.17, 15) is 4.79 Å². The molecular formula is C13H19N3O. The second kappa shape index (κ2) is 5.66. The Balaban J connectivity index is 1.72. The third-order valence-electron chi connectivity index (χ3n) is 2.99. The van der Waals surface area contributed by atoms with Crippen LogP contribution in [0.4, 0.5) is 0 Å². The molecule has 92 valence electrons. The number of hydrogen-bond acceptors (Lipinski definition) is 2. The van der Waals surface area contributed by atoms with E-state index in [4.69, 9.17) is 0 Å². The molecule has 2 rings (SSSR count). The molecule has 1 N–H and O–H groups in total. The fourth-order valence-corrected chi connectivity index (χ4v) is 2.17. The van der Waals surface area contributed by atoms with Crippen LogP contribution in [-0.4, -0.2) is 21.7 Å². The van der Waals surface area contributed by atoms with E-state index in [0.29, 0.717) is 12.3 Å². The summed E-state index contributed by atoms with van der Waals surface area (Å²) in [5.74, 6) is 0.577. The lowest BCUT2D eigenvalue weighted by Crippen LogP contribution is -2.36. The predicted molar refractivity (Wildman–Crippen MR) is 66.3 cm³/mol. The molecule has 17 heavy (non-hydrogen) atoms. The highest BCUT2D eigenvalue weighted by Crippen LogP contribution is 2.19. The van der Waals surface area contributed by atoms with E-state index in [1.54, 1.807) is 6.20 Å². The van der Waals surface area contributed by atoms with Crippen LogP contribution in [0.3, 0.4) is 0 Å². The molecule has 1 aromatic heterocycles. The van der Waals surface area contributed by atoms with Gasteiger partial charge in [-0.2, -0.15) is 5.10 Å². The Bertz CT molecular complexity index is 383. The van der Waals surface area contributed by atoms with Crippen molar-refractivity contribution >= 4 is 5.91 Å². The molecule has 0 spiro atoms. The maximum atomic E-state index is 11.8. The molecule has 1 aliphatic carbocycles. The fraction of sp³-hybridized carbons (Fsp3) is 0.538. The molecule has 0 aliphatic heterocycles. The van der Waals surface area contributed by atoms with Gasteiger partial charge in [0.2, 0.25) is 5.91 Å². The zero-order chi connectivity index (χ0) is 12.1. The number of carbonyl (C=O) groups excluding carboxylic acids is 1. The molecule has 4 heteroatoms. The summed E-state index contributed by atoms with van der Waals surface area (Å²) in [4.78, 5) is 11.8. The molecule has 4 nitrogen and oxygen atoms in total. The highest BCUT2D eigenvalue weighted by molar-refractivity contribution is 5.76. The molecule has 0 aromatic carbocycles. The summed E-state index contributed by atoms with van der Waals surface area (Å²) in [5, 5.41) is 7.13. The first-order chi connectivity index (χ1) is 8.24. The number of amides is 1. The molecule has 0 radical (unpaired) electrons. The second-order valence-electron chi connectivity index (χ2n) is 4.67. The number of hydrogen-bond donors (Lipinski definition) is 1. The normalized spacial score (nSPS) is 20.4. The van der Waals surface area contributed by atoms with Gasteiger partial charge in [-0.25, -0.2) is 0 Å². The molecule has 1 aliphatic rings. The number of aromatic nitrogens is 2. The lowest BCUT2D eigenvalue weighted by Gasteiger charge is -2.15. The SMILES string of the molecule is C[C@@H](Cn1cccn1)NC(=O)C[C@@H]1C=CCC1. The lowest BCUT2D eigenvalue weighted by molar-refractivity contribution is -0.122. The lowest BCUT2D eigenvalue weighted by atomic mass is 10.0. The molecule has 1 aromatic rings. The average Bonchev–Trinajstić information content (AvgIpc) is 2.90. The number of nitrogens with zero attached hydrogens (tertiary/aromatic N) is 2. The van der Waals surface area contributed by atoms with Crippen LogP contribution in [0.5, 0.6) is 0 Å². The maximum Gasteiger partial charge on any atom is 0.220 e. The van der Waals surface area contributed by atoms with Gasteiger partial charge >= 0.3 is 0 Å². The Morgan fingerprint density at radius 3 is 3.18 bits per heavy atom. The van der Waals surface area contributed by atoms with E-state index in [0.717, 1.165) is 19.4 Å². The van der Waals surface area contributed by atoms with Gasteiger partial charge in [-0.3, -0.25) is 9.48 Å². The fourth-order valence-electron chi connectivity index (χ4n) is 2.17. The van der Waals surface area contributed by atoms with Gasteiger partial charge in [0.25, 0.3) is 0 Å². The van der Waals surface area contributed by atoms with Crippen molar-refractivity contribution in [1.82, 2.24) is 15.1 Å². The van der Waals surface area contributed by atoms with Gasteiger partial charge in [0.15, 0.2) is 0 Å². The number of carbonyl (C=O) groups is 1. The van der Waals surface area contributed by atoms with Crippen LogP contribution in [0.2, 0.25) is 0 Å². The van der Waals surface area contributed by atoms with Gasteiger partial charge in [0, 0.05) is 24.9 Å². The zero-order valence-corrected chi connectivity index (χ0v) is 10.2. The standard InChI is InChI=1S/C13H19N3O/c1-11(10-16-8-4-7-14-16)15-13(17)9-12-5-2-3-6-12/h2,4-5,7-8,11-12H,3,6,9-10H2,1H3,(H,15,17)/t11-,12+/m0/s1. The van der Waals surface area contributed by atoms with E-state index >= 15 is 0 Å². The Morgan fingerprint density at radius 1 is 1.65 bits per heavy atom. The first-order valence-electron chi connectivity index (χ1n) is 6.17. The molecule has 0 fully saturated rings. The zero-order valence-electron chi connectivity index (χ0n) is 10.2. The van der Waals surface area contributed by atoms with Gasteiger partial charge < -0.3 is 5.32 Å². The monoisotopic (exact) mass is 233 g/mol. The summed E-state index contributed by atoms with van der Waals surface area (Å²) >= 11 is 0. The van der Waals surface area contributed by atoms with Crippen molar-refractivity contribution in [2.24, 2.45) is 5.92 Å². The smallest absolute Gasteiger partial charge is 0.220 e. The minimum atomic E-state index is 0.118. The van der Waals surface area contributed by atoms with Crippen LogP contribution in [0.15, 0.2) is 30.6 Å². The van der Waals surface area contributed by atoms with Gasteiger partial charge in [-0.1, -0.05) is 12.2 Å². The van der Waals surface area contributed by atoms with Crippen LogP contribution in [0.25, 0.3) is 0 Å². The highest BCUT2D eigenvalue weighted by Gasteiger charge is 2.15. The number of allylic oxidation sites excluding steroid dienone is 2. The Kier molecular flexibility index (Phi) is 3.96. The van der Waals surface area contributed by atoms with E-state index in [1.165, 1.54) is 0 Å². The van der Waals surface area contributed by atoms with Crippen molar-refractivity contribution in [1.29, 1.82) is 0 Å². The molecule has 1 amide bonds. The van der Waals surface area contributed by atoms with Crippen LogP contribution in [-0.2, 0) is 11.3 Å². The molecule has 0 unspecified atom stereocenters. The summed E-state index contributed by atoms with van der Waals surface area (Å²) in [7, 11) is 0. The minimum Gasteiger partial charge on any atom is -0.352 e. The minimum absolute atomic E-state index is 0.118. The van der Waals surface area contributed by atoms with Crippen LogP contribution < -0.4 is 5.32 Å². The molecule has 2 atom stereocenters. The van der Waals surface area contributed by atoms with Crippen molar-refractivity contribution in [2.75, 3.05) is 0 Å². The van der Waals surface area contributed by atoms with Crippen molar-refractivity contribution in [3.8, 4) is 0 Å². The quantitative estimate of drug-likeness (QED) is 0.787. The van der Waals surface area contributed by atoms with Gasteiger partial charge in [0.05, 0.1) is 6.54 Å². The highest BCUT2D eigenvalue weighted by atomic mass is 16.1. The van der Waals surface area contributed by atoms with Crippen molar-refractivity contribution in [3.63, 3.8) is 0 Å². The molecule has 0 saturated carbocycles. The van der Waals surface area contributed by atoms with Crippen LogP contribution in [0, 0.1) is 5.92 Å². The van der Waals surface area contributed by atoms with Crippen molar-refractivity contribution in [3.05, 3.63) is 30.6 Å². The van der Waals surface area contributed by atoms with Gasteiger partial charge in [-0.15, -0.1) is 0 Å². The topological polar surface area (TPSA) is 46.9 Å². The third kappa shape index (κ3) is 3.73. The maximum absolute atomic E-state index is 11.8.